The summed E-state index contributed by atoms with van der Waals surface area (Å²) in [5.74, 6) is -0.182. The van der Waals surface area contributed by atoms with E-state index in [4.69, 9.17) is 17.3 Å². The van der Waals surface area contributed by atoms with Gasteiger partial charge in [-0.15, -0.1) is 0 Å². The minimum atomic E-state index is -1.01. The number of rotatable bonds is 6. The highest BCUT2D eigenvalue weighted by Gasteiger charge is 2.33. The van der Waals surface area contributed by atoms with E-state index < -0.39 is 5.97 Å². The van der Waals surface area contributed by atoms with Crippen molar-refractivity contribution in [1.82, 2.24) is 9.47 Å². The molecule has 1 amide bonds. The Kier molecular flexibility index (Phi) is 7.41. The zero-order valence-electron chi connectivity index (χ0n) is 18.4. The fourth-order valence-corrected chi connectivity index (χ4v) is 5.48. The first-order valence-corrected chi connectivity index (χ1v) is 11.8. The molecular weight excluding hydrogens is 448 g/mol. The summed E-state index contributed by atoms with van der Waals surface area (Å²) < 4.78 is 1.92. The summed E-state index contributed by atoms with van der Waals surface area (Å²) in [6, 6.07) is 2.03. The summed E-state index contributed by atoms with van der Waals surface area (Å²) in [6.07, 6.45) is 3.61. The normalized spacial score (nSPS) is 20.2. The van der Waals surface area contributed by atoms with E-state index in [1.54, 1.807) is 17.6 Å². The van der Waals surface area contributed by atoms with Crippen molar-refractivity contribution in [2.24, 2.45) is 5.92 Å². The summed E-state index contributed by atoms with van der Waals surface area (Å²) in [7, 11) is 0. The van der Waals surface area contributed by atoms with Crippen LogP contribution in [0.2, 0.25) is 0 Å². The Morgan fingerprint density at radius 3 is 2.72 bits per heavy atom. The van der Waals surface area contributed by atoms with Crippen LogP contribution in [-0.2, 0) is 16.1 Å². The molecule has 1 unspecified atom stereocenters. The van der Waals surface area contributed by atoms with E-state index >= 15 is 0 Å². The van der Waals surface area contributed by atoms with Gasteiger partial charge in [0.1, 0.15) is 21.8 Å². The van der Waals surface area contributed by atoms with Gasteiger partial charge in [0.15, 0.2) is 0 Å². The lowest BCUT2D eigenvalue weighted by atomic mass is 9.98. The molecule has 1 aromatic rings. The number of carboxylic acids is 1. The second kappa shape index (κ2) is 9.88. The molecule has 8 nitrogen and oxygen atoms in total. The molecular formula is C22H26N4O4S2. The second-order valence-electron chi connectivity index (χ2n) is 8.07. The van der Waals surface area contributed by atoms with Crippen molar-refractivity contribution in [1.29, 1.82) is 5.26 Å². The van der Waals surface area contributed by atoms with Gasteiger partial charge in [0.2, 0.25) is 0 Å². The SMILES string of the molecule is CCn1c(N2CCCC(C)C2)c(/C=C2/SC(=S)N(CCC(=O)O)C2=O)c(C)c(C#N)c1=O. The van der Waals surface area contributed by atoms with Crippen molar-refractivity contribution in [3.63, 3.8) is 0 Å². The van der Waals surface area contributed by atoms with Gasteiger partial charge in [0, 0.05) is 31.7 Å². The van der Waals surface area contributed by atoms with E-state index in [0.29, 0.717) is 32.8 Å². The maximum atomic E-state index is 13.0. The van der Waals surface area contributed by atoms with Gasteiger partial charge in [-0.2, -0.15) is 5.26 Å². The maximum Gasteiger partial charge on any atom is 0.305 e. The largest absolute Gasteiger partial charge is 0.481 e. The van der Waals surface area contributed by atoms with Gasteiger partial charge in [0.25, 0.3) is 11.5 Å². The summed E-state index contributed by atoms with van der Waals surface area (Å²) in [5.41, 5.74) is 0.933. The maximum absolute atomic E-state index is 13.0. The molecule has 3 heterocycles. The first-order valence-electron chi connectivity index (χ1n) is 10.6. The Morgan fingerprint density at radius 1 is 1.41 bits per heavy atom. The van der Waals surface area contributed by atoms with Gasteiger partial charge >= 0.3 is 5.97 Å². The quantitative estimate of drug-likeness (QED) is 0.495. The standard InChI is InChI=1S/C22H26N4O4S2/c1-4-25-19(24-8-5-6-13(2)12-24)15(14(3)16(11-23)20(25)29)10-17-21(30)26(22(31)32-17)9-7-18(27)28/h10,13H,4-9,12H2,1-3H3,(H,27,28)/b17-10+. The highest BCUT2D eigenvalue weighted by Crippen LogP contribution is 2.36. The van der Waals surface area contributed by atoms with Crippen LogP contribution in [-0.4, -0.2) is 50.4 Å². The molecule has 0 aliphatic carbocycles. The van der Waals surface area contributed by atoms with Crippen molar-refractivity contribution in [3.8, 4) is 6.07 Å². The van der Waals surface area contributed by atoms with E-state index in [1.165, 1.54) is 4.90 Å². The number of pyridine rings is 1. The van der Waals surface area contributed by atoms with Crippen LogP contribution in [0.1, 0.15) is 49.8 Å². The zero-order chi connectivity index (χ0) is 23.6. The van der Waals surface area contributed by atoms with Crippen molar-refractivity contribution >= 4 is 52.1 Å². The predicted octanol–water partition coefficient (Wildman–Crippen LogP) is 2.96. The number of thiocarbonyl (C=S) groups is 1. The van der Waals surface area contributed by atoms with Crippen LogP contribution >= 0.6 is 24.0 Å². The number of thioether (sulfide) groups is 1. The molecule has 0 aromatic carbocycles. The average molecular weight is 475 g/mol. The Hall–Kier alpha value is -2.64. The fourth-order valence-electron chi connectivity index (χ4n) is 4.19. The molecule has 0 spiro atoms. The minimum absolute atomic E-state index is 0.00468. The summed E-state index contributed by atoms with van der Waals surface area (Å²) in [4.78, 5) is 40.8. The third-order valence-electron chi connectivity index (χ3n) is 5.82. The molecule has 10 heteroatoms. The molecule has 1 aromatic heterocycles. The smallest absolute Gasteiger partial charge is 0.305 e. The number of anilines is 1. The van der Waals surface area contributed by atoms with Gasteiger partial charge in [-0.1, -0.05) is 30.9 Å². The number of nitriles is 1. The van der Waals surface area contributed by atoms with Crippen LogP contribution in [0, 0.1) is 24.2 Å². The molecule has 2 aliphatic rings. The molecule has 0 radical (unpaired) electrons. The number of aliphatic carboxylic acids is 1. The summed E-state index contributed by atoms with van der Waals surface area (Å²) in [5, 5.41) is 18.6. The van der Waals surface area contributed by atoms with Crippen molar-refractivity contribution in [2.45, 2.75) is 46.6 Å². The van der Waals surface area contributed by atoms with Gasteiger partial charge in [-0.05, 0) is 44.2 Å². The van der Waals surface area contributed by atoms with Gasteiger partial charge < -0.3 is 10.0 Å². The topological polar surface area (TPSA) is 107 Å². The molecule has 2 aliphatic heterocycles. The lowest BCUT2D eigenvalue weighted by molar-refractivity contribution is -0.137. The number of carbonyl (C=O) groups is 2. The molecule has 3 rings (SSSR count). The van der Waals surface area contributed by atoms with Crippen molar-refractivity contribution in [3.05, 3.63) is 31.9 Å². The lowest BCUT2D eigenvalue weighted by Gasteiger charge is -2.35. The minimum Gasteiger partial charge on any atom is -0.481 e. The summed E-state index contributed by atoms with van der Waals surface area (Å²) in [6.45, 7) is 7.74. The van der Waals surface area contributed by atoms with Gasteiger partial charge in [-0.25, -0.2) is 0 Å². The third-order valence-corrected chi connectivity index (χ3v) is 7.20. The monoisotopic (exact) mass is 474 g/mol. The first kappa shape index (κ1) is 24.0. The molecule has 2 saturated heterocycles. The predicted molar refractivity (Wildman–Crippen MR) is 129 cm³/mol. The van der Waals surface area contributed by atoms with Crippen LogP contribution in [0.3, 0.4) is 0 Å². The fraction of sp³-hybridized carbons (Fsp3) is 0.500. The Labute approximate surface area is 196 Å². The number of carboxylic acid groups (broad SMARTS) is 1. The van der Waals surface area contributed by atoms with Crippen LogP contribution in [0.25, 0.3) is 6.08 Å². The van der Waals surface area contributed by atoms with E-state index in [2.05, 4.69) is 11.8 Å². The van der Waals surface area contributed by atoms with Crippen molar-refractivity contribution in [2.75, 3.05) is 24.5 Å². The van der Waals surface area contributed by atoms with Crippen LogP contribution in [0.5, 0.6) is 0 Å². The highest BCUT2D eigenvalue weighted by molar-refractivity contribution is 8.26. The molecule has 0 saturated carbocycles. The number of aromatic nitrogens is 1. The zero-order valence-corrected chi connectivity index (χ0v) is 20.0. The Bertz CT molecular complexity index is 1100. The third kappa shape index (κ3) is 4.59. The number of hydrogen-bond acceptors (Lipinski definition) is 7. The average Bonchev–Trinajstić information content (AvgIpc) is 3.01. The van der Waals surface area contributed by atoms with E-state index in [1.807, 2.05) is 13.0 Å². The first-order chi connectivity index (χ1) is 15.2. The van der Waals surface area contributed by atoms with Gasteiger partial charge in [-0.3, -0.25) is 23.9 Å². The summed E-state index contributed by atoms with van der Waals surface area (Å²) >= 11 is 6.41. The van der Waals surface area contributed by atoms with E-state index in [0.717, 1.165) is 43.5 Å². The molecule has 32 heavy (non-hydrogen) atoms. The van der Waals surface area contributed by atoms with Crippen LogP contribution in [0.4, 0.5) is 5.82 Å². The number of hydrogen-bond donors (Lipinski definition) is 1. The van der Waals surface area contributed by atoms with E-state index in [-0.39, 0.29) is 30.0 Å². The van der Waals surface area contributed by atoms with E-state index in [9.17, 15) is 19.6 Å². The second-order valence-corrected chi connectivity index (χ2v) is 9.74. The Morgan fingerprint density at radius 2 is 2.12 bits per heavy atom. The van der Waals surface area contributed by atoms with Crippen molar-refractivity contribution < 1.29 is 14.7 Å². The van der Waals surface area contributed by atoms with Gasteiger partial charge in [0.05, 0.1) is 11.3 Å². The molecule has 0 bridgehead atoms. The molecule has 170 valence electrons. The number of carbonyl (C=O) groups excluding carboxylic acids is 1. The molecule has 1 N–H and O–H groups in total. The Balaban J connectivity index is 2.16. The van der Waals surface area contributed by atoms with Crippen LogP contribution in [0.15, 0.2) is 9.70 Å². The molecule has 2 fully saturated rings. The van der Waals surface area contributed by atoms with Crippen LogP contribution < -0.4 is 10.5 Å². The molecule has 1 atom stereocenters. The number of amides is 1. The lowest BCUT2D eigenvalue weighted by Crippen LogP contribution is -2.40. The number of piperidine rings is 1. The number of nitrogens with zero attached hydrogens (tertiary/aromatic N) is 4. The highest BCUT2D eigenvalue weighted by atomic mass is 32.2.